The molecule has 1 heterocycles. The summed E-state index contributed by atoms with van der Waals surface area (Å²) in [6.45, 7) is 4.00. The maximum Gasteiger partial charge on any atom is 0.0791 e. The van der Waals surface area contributed by atoms with E-state index in [9.17, 15) is 0 Å². The van der Waals surface area contributed by atoms with Gasteiger partial charge in [0.25, 0.3) is 0 Å². The molecule has 0 aliphatic heterocycles. The summed E-state index contributed by atoms with van der Waals surface area (Å²) in [5.74, 6) is 0. The first-order valence-electron chi connectivity index (χ1n) is 2.32. The third kappa shape index (κ3) is 5.59. The Morgan fingerprint density at radius 2 is 2.00 bits per heavy atom. The second kappa shape index (κ2) is 9.77. The molecule has 0 aliphatic rings. The topological polar surface area (TPSA) is 47.9 Å². The summed E-state index contributed by atoms with van der Waals surface area (Å²) >= 11 is 1.60. The van der Waals surface area contributed by atoms with Crippen molar-refractivity contribution >= 4 is 11.3 Å². The average molecular weight is 132 g/mol. The van der Waals surface area contributed by atoms with Crippen LogP contribution >= 0.6 is 11.3 Å². The van der Waals surface area contributed by atoms with Crippen molar-refractivity contribution in [3.63, 3.8) is 0 Å². The Morgan fingerprint density at radius 3 is 2.12 bits per heavy atom. The lowest BCUT2D eigenvalue weighted by atomic mass is 11.0. The lowest BCUT2D eigenvalue weighted by Crippen LogP contribution is -1.38. The normalized spacial score (nSPS) is 5.75. The minimum Gasteiger partial charge on any atom is -0.344 e. The summed E-state index contributed by atoms with van der Waals surface area (Å²) in [4.78, 5) is 3.74. The predicted molar refractivity (Wildman–Crippen MR) is 38.5 cm³/mol. The van der Waals surface area contributed by atoms with Gasteiger partial charge in [-0.3, -0.25) is 4.98 Å². The van der Waals surface area contributed by atoms with Crippen LogP contribution in [0.2, 0.25) is 0 Å². The third-order valence-corrected chi connectivity index (χ3v) is 0.869. The first kappa shape index (κ1) is 10.5. The predicted octanol–water partition coefficient (Wildman–Crippen LogP) is 2.33. The van der Waals surface area contributed by atoms with E-state index in [4.69, 9.17) is 0 Å². The monoisotopic (exact) mass is 132 g/mol. The molecule has 48 valence electrons. The lowest BCUT2D eigenvalue weighted by Gasteiger charge is -1.41. The molecule has 0 fully saturated rings. The summed E-state index contributed by atoms with van der Waals surface area (Å²) in [7, 11) is 0. The minimum atomic E-state index is 0. The number of hydrogen-bond acceptors (Lipinski definition) is 3. The van der Waals surface area contributed by atoms with Crippen molar-refractivity contribution in [3.8, 4) is 0 Å². The number of nitrogens with zero attached hydrogens (tertiary/aromatic N) is 1. The highest BCUT2D eigenvalue weighted by Crippen LogP contribution is 1.85. The summed E-state index contributed by atoms with van der Waals surface area (Å²) in [6, 6.07) is 0. The second-order valence-electron chi connectivity index (χ2n) is 0.676. The molecule has 0 bridgehead atoms. The Morgan fingerprint density at radius 1 is 1.38 bits per heavy atom. The molecule has 0 amide bonds. The van der Waals surface area contributed by atoms with Gasteiger partial charge in [0.05, 0.1) is 5.51 Å². The van der Waals surface area contributed by atoms with Gasteiger partial charge in [-0.15, -0.1) is 11.3 Å². The van der Waals surface area contributed by atoms with Gasteiger partial charge in [0.1, 0.15) is 0 Å². The zero-order valence-electron chi connectivity index (χ0n) is 5.29. The van der Waals surface area contributed by atoms with Crippen LogP contribution in [0.3, 0.4) is 0 Å². The summed E-state index contributed by atoms with van der Waals surface area (Å²) < 4.78 is 0. The highest BCUT2D eigenvalue weighted by molar-refractivity contribution is 7.07. The molecule has 1 rings (SSSR count). The second-order valence-corrected chi connectivity index (χ2v) is 1.43. The van der Waals surface area contributed by atoms with Crippen molar-refractivity contribution in [2.24, 2.45) is 0 Å². The smallest absolute Gasteiger partial charge is 0.0791 e. The van der Waals surface area contributed by atoms with Crippen molar-refractivity contribution < 1.29 is 0 Å². The number of thiazole rings is 1. The van der Waals surface area contributed by atoms with Crippen LogP contribution in [-0.4, -0.2) is 4.98 Å². The van der Waals surface area contributed by atoms with Gasteiger partial charge < -0.3 is 6.15 Å². The minimum absolute atomic E-state index is 0. The van der Waals surface area contributed by atoms with Gasteiger partial charge in [0.15, 0.2) is 0 Å². The van der Waals surface area contributed by atoms with Gasteiger partial charge in [-0.2, -0.15) is 0 Å². The molecule has 0 saturated heterocycles. The van der Waals surface area contributed by atoms with E-state index in [1.165, 1.54) is 0 Å². The van der Waals surface area contributed by atoms with Crippen molar-refractivity contribution in [2.75, 3.05) is 0 Å². The molecular weight excluding hydrogens is 120 g/mol. The standard InChI is InChI=1S/C3H3NS.C2H6.H3N/c1-2-5-3-4-1;1-2;/h1-3H;1-2H3;1H3. The van der Waals surface area contributed by atoms with E-state index < -0.39 is 0 Å². The van der Waals surface area contributed by atoms with Crippen LogP contribution in [0.5, 0.6) is 0 Å². The van der Waals surface area contributed by atoms with Crippen molar-refractivity contribution in [3.05, 3.63) is 17.1 Å². The highest BCUT2D eigenvalue weighted by Gasteiger charge is 1.59. The summed E-state index contributed by atoms with van der Waals surface area (Å²) in [6.07, 6.45) is 1.77. The van der Waals surface area contributed by atoms with Gasteiger partial charge in [0, 0.05) is 11.6 Å². The highest BCUT2D eigenvalue weighted by atomic mass is 32.1. The van der Waals surface area contributed by atoms with E-state index in [2.05, 4.69) is 4.98 Å². The molecule has 2 nitrogen and oxygen atoms in total. The molecule has 1 aromatic heterocycles. The molecular formula is C5H12N2S. The zero-order chi connectivity index (χ0) is 5.54. The average Bonchev–Trinajstić information content (AvgIpc) is 2.23. The maximum atomic E-state index is 3.74. The van der Waals surface area contributed by atoms with Crippen LogP contribution in [0.4, 0.5) is 0 Å². The maximum absolute atomic E-state index is 3.74. The van der Waals surface area contributed by atoms with Crippen LogP contribution in [-0.2, 0) is 0 Å². The van der Waals surface area contributed by atoms with Crippen LogP contribution in [0.25, 0.3) is 0 Å². The number of rotatable bonds is 0. The van der Waals surface area contributed by atoms with E-state index >= 15 is 0 Å². The molecule has 0 aromatic carbocycles. The Kier molecular flexibility index (Phi) is 12.9. The van der Waals surface area contributed by atoms with Crippen molar-refractivity contribution in [1.29, 1.82) is 0 Å². The van der Waals surface area contributed by atoms with Crippen LogP contribution in [0, 0.1) is 0 Å². The Labute approximate surface area is 54.2 Å². The Hall–Kier alpha value is -0.410. The van der Waals surface area contributed by atoms with E-state index in [1.807, 2.05) is 19.2 Å². The Bertz CT molecular complexity index is 66.9. The van der Waals surface area contributed by atoms with Gasteiger partial charge in [-0.1, -0.05) is 13.8 Å². The van der Waals surface area contributed by atoms with Crippen LogP contribution in [0.1, 0.15) is 13.8 Å². The first-order valence-corrected chi connectivity index (χ1v) is 3.26. The Balaban J connectivity index is 0. The third-order valence-electron chi connectivity index (χ3n) is 0.347. The van der Waals surface area contributed by atoms with Gasteiger partial charge in [-0.05, 0) is 0 Å². The molecule has 0 spiro atoms. The molecule has 0 unspecified atom stereocenters. The largest absolute Gasteiger partial charge is 0.344 e. The fraction of sp³-hybridized carbons (Fsp3) is 0.400. The fourth-order valence-electron chi connectivity index (χ4n) is 0.176. The fourth-order valence-corrected chi connectivity index (χ4v) is 0.527. The van der Waals surface area contributed by atoms with E-state index in [1.54, 1.807) is 23.0 Å². The van der Waals surface area contributed by atoms with Crippen LogP contribution in [0.15, 0.2) is 17.1 Å². The number of aromatic nitrogens is 1. The van der Waals surface area contributed by atoms with E-state index in [-0.39, 0.29) is 6.15 Å². The van der Waals surface area contributed by atoms with E-state index in [0.717, 1.165) is 0 Å². The number of hydrogen-bond donors (Lipinski definition) is 1. The molecule has 1 aromatic rings. The quantitative estimate of drug-likeness (QED) is 0.589. The van der Waals surface area contributed by atoms with Crippen molar-refractivity contribution in [2.45, 2.75) is 13.8 Å². The molecule has 0 atom stereocenters. The van der Waals surface area contributed by atoms with Gasteiger partial charge in [-0.25, -0.2) is 0 Å². The molecule has 3 heteroatoms. The lowest BCUT2D eigenvalue weighted by molar-refractivity contribution is 1.43. The van der Waals surface area contributed by atoms with E-state index in [0.29, 0.717) is 0 Å². The van der Waals surface area contributed by atoms with Gasteiger partial charge >= 0.3 is 0 Å². The molecule has 0 saturated carbocycles. The molecule has 0 aliphatic carbocycles. The first-order chi connectivity index (χ1) is 3.50. The van der Waals surface area contributed by atoms with Crippen molar-refractivity contribution in [1.82, 2.24) is 11.1 Å². The van der Waals surface area contributed by atoms with Gasteiger partial charge in [0.2, 0.25) is 0 Å². The van der Waals surface area contributed by atoms with Crippen LogP contribution < -0.4 is 6.15 Å². The molecule has 3 N–H and O–H groups in total. The molecule has 8 heavy (non-hydrogen) atoms. The SMILES string of the molecule is CC.N.c1cscn1. The summed E-state index contributed by atoms with van der Waals surface area (Å²) in [5.41, 5.74) is 1.79. The molecule has 0 radical (unpaired) electrons. The zero-order valence-corrected chi connectivity index (χ0v) is 6.11. The summed E-state index contributed by atoms with van der Waals surface area (Å²) in [5, 5.41) is 1.93.